The Labute approximate surface area is 190 Å². The first kappa shape index (κ1) is 23.9. The number of benzene rings is 2. The molecule has 174 valence electrons. The average Bonchev–Trinajstić information content (AvgIpc) is 3.33. The molecule has 0 aliphatic heterocycles. The van der Waals surface area contributed by atoms with Gasteiger partial charge in [0, 0.05) is 0 Å². The first-order chi connectivity index (χ1) is 15.8. The quantitative estimate of drug-likeness (QED) is 0.502. The van der Waals surface area contributed by atoms with E-state index in [1.54, 1.807) is 12.1 Å². The number of carbonyl (C=O) groups is 4. The molecule has 8 nitrogen and oxygen atoms in total. The Morgan fingerprint density at radius 1 is 0.939 bits per heavy atom. The van der Waals surface area contributed by atoms with Crippen LogP contribution in [-0.4, -0.2) is 44.6 Å². The molecular formula is C24H24FNO7. The van der Waals surface area contributed by atoms with Gasteiger partial charge in [-0.05, 0) is 48.7 Å². The van der Waals surface area contributed by atoms with E-state index in [1.807, 2.05) is 0 Å². The molecule has 0 atom stereocenters. The van der Waals surface area contributed by atoms with Crippen LogP contribution < -0.4 is 5.32 Å². The van der Waals surface area contributed by atoms with E-state index < -0.39 is 41.7 Å². The summed E-state index contributed by atoms with van der Waals surface area (Å²) in [6.45, 7) is -0.606. The molecule has 1 aliphatic carbocycles. The number of carbonyl (C=O) groups excluding carboxylic acids is 4. The second kappa shape index (κ2) is 10.2. The zero-order chi connectivity index (χ0) is 24.0. The Morgan fingerprint density at radius 3 is 2.18 bits per heavy atom. The minimum Gasteiger partial charge on any atom is -0.465 e. The maximum Gasteiger partial charge on any atom is 0.339 e. The lowest BCUT2D eigenvalue weighted by atomic mass is 9.79. The van der Waals surface area contributed by atoms with E-state index in [2.05, 4.69) is 10.1 Å². The van der Waals surface area contributed by atoms with Gasteiger partial charge in [-0.15, -0.1) is 0 Å². The molecule has 33 heavy (non-hydrogen) atoms. The highest BCUT2D eigenvalue weighted by atomic mass is 19.1. The molecule has 0 unspecified atom stereocenters. The lowest BCUT2D eigenvalue weighted by Gasteiger charge is -2.27. The van der Waals surface area contributed by atoms with E-state index in [4.69, 9.17) is 9.47 Å². The van der Waals surface area contributed by atoms with Gasteiger partial charge in [0.2, 0.25) is 0 Å². The standard InChI is InChI=1S/C24H24FNO7/c1-31-21(28)15-5-10-18(22(29)32-2)19(13-15)26-20(27)14-33-23(30)24(11-3-4-12-24)16-6-8-17(25)9-7-16/h5-10,13H,3-4,11-12,14H2,1-2H3,(H,26,27). The number of methoxy groups -OCH3 is 2. The molecule has 1 amide bonds. The molecule has 0 bridgehead atoms. The van der Waals surface area contributed by atoms with Gasteiger partial charge in [0.25, 0.3) is 5.91 Å². The first-order valence-corrected chi connectivity index (χ1v) is 10.3. The molecule has 2 aromatic carbocycles. The van der Waals surface area contributed by atoms with E-state index in [-0.39, 0.29) is 16.8 Å². The Bertz CT molecular complexity index is 1060. The van der Waals surface area contributed by atoms with Gasteiger partial charge in [-0.2, -0.15) is 0 Å². The van der Waals surface area contributed by atoms with Crippen LogP contribution in [0, 0.1) is 5.82 Å². The summed E-state index contributed by atoms with van der Waals surface area (Å²) in [7, 11) is 2.38. The largest absolute Gasteiger partial charge is 0.465 e. The Morgan fingerprint density at radius 2 is 1.58 bits per heavy atom. The van der Waals surface area contributed by atoms with Crippen LogP contribution in [0.3, 0.4) is 0 Å². The van der Waals surface area contributed by atoms with Crippen LogP contribution >= 0.6 is 0 Å². The molecule has 0 heterocycles. The Hall–Kier alpha value is -3.75. The fourth-order valence-corrected chi connectivity index (χ4v) is 3.99. The molecule has 3 rings (SSSR count). The number of halogens is 1. The molecule has 9 heteroatoms. The summed E-state index contributed by atoms with van der Waals surface area (Å²) in [5.74, 6) is -3.06. The van der Waals surface area contributed by atoms with Gasteiger partial charge in [-0.1, -0.05) is 25.0 Å². The summed E-state index contributed by atoms with van der Waals surface area (Å²) in [6, 6.07) is 9.65. The fourth-order valence-electron chi connectivity index (χ4n) is 3.99. The van der Waals surface area contributed by atoms with Gasteiger partial charge < -0.3 is 19.5 Å². The highest BCUT2D eigenvalue weighted by Crippen LogP contribution is 2.42. The zero-order valence-corrected chi connectivity index (χ0v) is 18.3. The van der Waals surface area contributed by atoms with Crippen molar-refractivity contribution in [2.75, 3.05) is 26.1 Å². The normalized spacial score (nSPS) is 14.3. The zero-order valence-electron chi connectivity index (χ0n) is 18.3. The third kappa shape index (κ3) is 5.19. The molecule has 1 fully saturated rings. The Kier molecular flexibility index (Phi) is 7.42. The van der Waals surface area contributed by atoms with E-state index in [1.165, 1.54) is 44.6 Å². The first-order valence-electron chi connectivity index (χ1n) is 10.3. The fraction of sp³-hybridized carbons (Fsp3) is 0.333. The van der Waals surface area contributed by atoms with Crippen LogP contribution in [0.5, 0.6) is 0 Å². The van der Waals surface area contributed by atoms with E-state index in [9.17, 15) is 23.6 Å². The summed E-state index contributed by atoms with van der Waals surface area (Å²) >= 11 is 0. The number of esters is 3. The minimum atomic E-state index is -0.935. The summed E-state index contributed by atoms with van der Waals surface area (Å²) in [6.07, 6.45) is 2.68. The average molecular weight is 457 g/mol. The number of ether oxygens (including phenoxy) is 3. The lowest BCUT2D eigenvalue weighted by molar-refractivity contribution is -0.153. The molecule has 1 saturated carbocycles. The molecule has 1 aliphatic rings. The molecule has 2 aromatic rings. The maximum absolute atomic E-state index is 13.3. The van der Waals surface area contributed by atoms with Crippen molar-refractivity contribution in [2.45, 2.75) is 31.1 Å². The number of hydrogen-bond acceptors (Lipinski definition) is 7. The van der Waals surface area contributed by atoms with Gasteiger partial charge in [0.1, 0.15) is 5.82 Å². The predicted molar refractivity (Wildman–Crippen MR) is 115 cm³/mol. The smallest absolute Gasteiger partial charge is 0.339 e. The highest BCUT2D eigenvalue weighted by molar-refractivity contribution is 6.04. The van der Waals surface area contributed by atoms with Crippen molar-refractivity contribution in [1.29, 1.82) is 0 Å². The molecule has 1 N–H and O–H groups in total. The van der Waals surface area contributed by atoms with Gasteiger partial charge in [0.15, 0.2) is 6.61 Å². The van der Waals surface area contributed by atoms with E-state index in [0.717, 1.165) is 12.8 Å². The van der Waals surface area contributed by atoms with Crippen LogP contribution in [0.1, 0.15) is 52.0 Å². The predicted octanol–water partition coefficient (Wildman–Crippen LogP) is 3.39. The van der Waals surface area contributed by atoms with Crippen LogP contribution in [0.2, 0.25) is 0 Å². The van der Waals surface area contributed by atoms with Crippen molar-refractivity contribution in [2.24, 2.45) is 0 Å². The second-order valence-electron chi connectivity index (χ2n) is 7.66. The van der Waals surface area contributed by atoms with Gasteiger partial charge in [-0.3, -0.25) is 9.59 Å². The second-order valence-corrected chi connectivity index (χ2v) is 7.66. The van der Waals surface area contributed by atoms with E-state index >= 15 is 0 Å². The van der Waals surface area contributed by atoms with Crippen molar-refractivity contribution in [3.63, 3.8) is 0 Å². The summed E-state index contributed by atoms with van der Waals surface area (Å²) < 4.78 is 28.0. The number of nitrogens with one attached hydrogen (secondary N) is 1. The maximum atomic E-state index is 13.3. The van der Waals surface area contributed by atoms with Crippen LogP contribution in [0.25, 0.3) is 0 Å². The van der Waals surface area contributed by atoms with Gasteiger partial charge in [-0.25, -0.2) is 14.0 Å². The minimum absolute atomic E-state index is 0.0138. The number of amides is 1. The molecular weight excluding hydrogens is 433 g/mol. The topological polar surface area (TPSA) is 108 Å². The van der Waals surface area contributed by atoms with Crippen LogP contribution in [0.15, 0.2) is 42.5 Å². The summed E-state index contributed by atoms with van der Waals surface area (Å²) in [4.78, 5) is 49.3. The number of hydrogen-bond donors (Lipinski definition) is 1. The van der Waals surface area contributed by atoms with E-state index in [0.29, 0.717) is 18.4 Å². The van der Waals surface area contributed by atoms with Crippen LogP contribution in [-0.2, 0) is 29.2 Å². The highest BCUT2D eigenvalue weighted by Gasteiger charge is 2.44. The lowest BCUT2D eigenvalue weighted by Crippen LogP contribution is -2.36. The molecule has 0 aromatic heterocycles. The molecule has 0 spiro atoms. The van der Waals surface area contributed by atoms with Gasteiger partial charge >= 0.3 is 17.9 Å². The van der Waals surface area contributed by atoms with Crippen molar-refractivity contribution in [3.05, 3.63) is 65.0 Å². The summed E-state index contributed by atoms with van der Waals surface area (Å²) in [5.41, 5.74) is -0.150. The van der Waals surface area contributed by atoms with Crippen molar-refractivity contribution >= 4 is 29.5 Å². The monoisotopic (exact) mass is 457 g/mol. The van der Waals surface area contributed by atoms with Crippen molar-refractivity contribution in [3.8, 4) is 0 Å². The summed E-state index contributed by atoms with van der Waals surface area (Å²) in [5, 5.41) is 2.48. The van der Waals surface area contributed by atoms with Crippen molar-refractivity contribution in [1.82, 2.24) is 0 Å². The van der Waals surface area contributed by atoms with Gasteiger partial charge in [0.05, 0.1) is 36.4 Å². The third-order valence-electron chi connectivity index (χ3n) is 5.70. The SMILES string of the molecule is COC(=O)c1ccc(C(=O)OC)c(NC(=O)COC(=O)C2(c3ccc(F)cc3)CCCC2)c1. The number of rotatable bonds is 7. The molecule has 0 radical (unpaired) electrons. The number of anilines is 1. The Balaban J connectivity index is 1.74. The van der Waals surface area contributed by atoms with Crippen LogP contribution in [0.4, 0.5) is 10.1 Å². The molecule has 0 saturated heterocycles. The third-order valence-corrected chi connectivity index (χ3v) is 5.70. The van der Waals surface area contributed by atoms with Crippen molar-refractivity contribution < 1.29 is 37.8 Å².